The lowest BCUT2D eigenvalue weighted by Crippen LogP contribution is -2.38. The van der Waals surface area contributed by atoms with Crippen molar-refractivity contribution >= 4 is 41.7 Å². The van der Waals surface area contributed by atoms with Crippen LogP contribution < -0.4 is 10.6 Å². The molecule has 0 saturated heterocycles. The molecule has 0 radical (unpaired) electrons. The molecule has 2 N–H and O–H groups in total. The van der Waals surface area contributed by atoms with E-state index in [0.29, 0.717) is 0 Å². The molecule has 0 unspecified atom stereocenters. The molecule has 0 aromatic carbocycles. The Balaban J connectivity index is 0.00000400. The number of guanidine groups is 1. The smallest absolute Gasteiger partial charge is 0.190 e. The quantitative estimate of drug-likeness (QED) is 0.276. The summed E-state index contributed by atoms with van der Waals surface area (Å²) in [5, 5.41) is 10.9. The van der Waals surface area contributed by atoms with Crippen LogP contribution in [0.25, 0.3) is 0 Å². The zero-order valence-corrected chi connectivity index (χ0v) is 16.4. The third-order valence-corrected chi connectivity index (χ3v) is 3.68. The second-order valence-electron chi connectivity index (χ2n) is 4.75. The third kappa shape index (κ3) is 10.00. The molecule has 7 heteroatoms. The van der Waals surface area contributed by atoms with Crippen molar-refractivity contribution in [2.45, 2.75) is 25.7 Å². The molecule has 122 valence electrons. The largest absolute Gasteiger partial charge is 0.356 e. The van der Waals surface area contributed by atoms with Crippen molar-refractivity contribution in [1.82, 2.24) is 20.4 Å². The standard InChI is InChI=1S/C14H27N5S.HI/c1-15-14(16-8-4-5-10-20-3)17-9-6-7-13-11-18-19(2)12-13;/h11-12H,4-10H2,1-3H3,(H2,15,16,17);1H. The first-order valence-electron chi connectivity index (χ1n) is 7.17. The number of thioether (sulfide) groups is 1. The van der Waals surface area contributed by atoms with Gasteiger partial charge in [-0.1, -0.05) is 0 Å². The van der Waals surface area contributed by atoms with Crippen molar-refractivity contribution < 1.29 is 0 Å². The van der Waals surface area contributed by atoms with E-state index in [4.69, 9.17) is 0 Å². The highest BCUT2D eigenvalue weighted by molar-refractivity contribution is 14.0. The molecular formula is C14H28IN5S. The molecule has 0 aliphatic carbocycles. The normalized spacial score (nSPS) is 11.1. The van der Waals surface area contributed by atoms with Gasteiger partial charge in [-0.2, -0.15) is 16.9 Å². The Morgan fingerprint density at radius 2 is 2.00 bits per heavy atom. The lowest BCUT2D eigenvalue weighted by atomic mass is 10.2. The van der Waals surface area contributed by atoms with Crippen LogP contribution in [0.3, 0.4) is 0 Å². The van der Waals surface area contributed by atoms with Crippen molar-refractivity contribution in [1.29, 1.82) is 0 Å². The summed E-state index contributed by atoms with van der Waals surface area (Å²) in [6, 6.07) is 0. The second kappa shape index (κ2) is 13.2. The fraction of sp³-hybridized carbons (Fsp3) is 0.714. The van der Waals surface area contributed by atoms with E-state index < -0.39 is 0 Å². The van der Waals surface area contributed by atoms with Crippen LogP contribution in [-0.2, 0) is 13.5 Å². The Bertz CT molecular complexity index is 394. The molecular weight excluding hydrogens is 397 g/mol. The minimum Gasteiger partial charge on any atom is -0.356 e. The summed E-state index contributed by atoms with van der Waals surface area (Å²) in [5.41, 5.74) is 1.29. The van der Waals surface area contributed by atoms with Crippen molar-refractivity contribution in [3.05, 3.63) is 18.0 Å². The number of halogens is 1. The summed E-state index contributed by atoms with van der Waals surface area (Å²) in [4.78, 5) is 4.23. The van der Waals surface area contributed by atoms with Crippen LogP contribution in [0.15, 0.2) is 17.4 Å². The molecule has 0 fully saturated rings. The maximum absolute atomic E-state index is 4.23. The Hall–Kier alpha value is -0.440. The van der Waals surface area contributed by atoms with Crippen molar-refractivity contribution in [2.24, 2.45) is 12.0 Å². The number of aromatic nitrogens is 2. The van der Waals surface area contributed by atoms with E-state index in [0.717, 1.165) is 31.9 Å². The molecule has 1 heterocycles. The van der Waals surface area contributed by atoms with Crippen LogP contribution in [0.4, 0.5) is 0 Å². The average molecular weight is 425 g/mol. The van der Waals surface area contributed by atoms with Gasteiger partial charge < -0.3 is 10.6 Å². The number of hydrogen-bond acceptors (Lipinski definition) is 3. The molecule has 0 aliphatic heterocycles. The Morgan fingerprint density at radius 3 is 2.57 bits per heavy atom. The van der Waals surface area contributed by atoms with E-state index in [1.807, 2.05) is 36.7 Å². The first-order chi connectivity index (χ1) is 9.76. The van der Waals surface area contributed by atoms with Gasteiger partial charge in [-0.25, -0.2) is 0 Å². The third-order valence-electron chi connectivity index (χ3n) is 2.98. The van der Waals surface area contributed by atoms with Gasteiger partial charge in [0.1, 0.15) is 0 Å². The molecule has 0 bridgehead atoms. The maximum Gasteiger partial charge on any atom is 0.190 e. The van der Waals surface area contributed by atoms with Crippen LogP contribution >= 0.6 is 35.7 Å². The maximum atomic E-state index is 4.23. The van der Waals surface area contributed by atoms with E-state index in [1.165, 1.54) is 24.2 Å². The lowest BCUT2D eigenvalue weighted by Gasteiger charge is -2.11. The van der Waals surface area contributed by atoms with Gasteiger partial charge in [0, 0.05) is 33.4 Å². The van der Waals surface area contributed by atoms with E-state index in [9.17, 15) is 0 Å². The molecule has 0 amide bonds. The number of aryl methyl sites for hydroxylation is 2. The van der Waals surface area contributed by atoms with Crippen LogP contribution in [0, 0.1) is 0 Å². The molecule has 1 rings (SSSR count). The number of unbranched alkanes of at least 4 members (excludes halogenated alkanes) is 1. The predicted octanol–water partition coefficient (Wildman–Crippen LogP) is 2.28. The summed E-state index contributed by atoms with van der Waals surface area (Å²) in [6.45, 7) is 1.92. The second-order valence-corrected chi connectivity index (χ2v) is 5.74. The minimum atomic E-state index is 0. The monoisotopic (exact) mass is 425 g/mol. The molecule has 0 aliphatic rings. The van der Waals surface area contributed by atoms with Gasteiger partial charge in [-0.15, -0.1) is 24.0 Å². The fourth-order valence-electron chi connectivity index (χ4n) is 1.90. The lowest BCUT2D eigenvalue weighted by molar-refractivity contribution is 0.712. The number of nitrogens with zero attached hydrogens (tertiary/aromatic N) is 3. The molecule has 0 saturated carbocycles. The molecule has 5 nitrogen and oxygen atoms in total. The molecule has 0 spiro atoms. The number of rotatable bonds is 9. The van der Waals surface area contributed by atoms with Crippen LogP contribution in [0.1, 0.15) is 24.8 Å². The van der Waals surface area contributed by atoms with Crippen LogP contribution in [0.5, 0.6) is 0 Å². The van der Waals surface area contributed by atoms with Crippen LogP contribution in [0.2, 0.25) is 0 Å². The van der Waals surface area contributed by atoms with E-state index >= 15 is 0 Å². The van der Waals surface area contributed by atoms with Gasteiger partial charge in [0.2, 0.25) is 0 Å². The van der Waals surface area contributed by atoms with Gasteiger partial charge in [0.25, 0.3) is 0 Å². The zero-order valence-electron chi connectivity index (χ0n) is 13.3. The summed E-state index contributed by atoms with van der Waals surface area (Å²) in [7, 11) is 3.77. The van der Waals surface area contributed by atoms with Gasteiger partial charge in [-0.3, -0.25) is 9.67 Å². The van der Waals surface area contributed by atoms with Gasteiger partial charge in [0.15, 0.2) is 5.96 Å². The highest BCUT2D eigenvalue weighted by Gasteiger charge is 1.98. The molecule has 1 aromatic rings. The van der Waals surface area contributed by atoms with Crippen LogP contribution in [-0.4, -0.2) is 47.9 Å². The number of hydrogen-bond donors (Lipinski definition) is 2. The van der Waals surface area contributed by atoms with Crippen molar-refractivity contribution in [2.75, 3.05) is 32.1 Å². The zero-order chi connectivity index (χ0) is 14.6. The number of aliphatic imine (C=N–C) groups is 1. The summed E-state index contributed by atoms with van der Waals surface area (Å²) in [5.74, 6) is 2.14. The van der Waals surface area contributed by atoms with Gasteiger partial charge >= 0.3 is 0 Å². The van der Waals surface area contributed by atoms with E-state index in [1.54, 1.807) is 0 Å². The fourth-order valence-corrected chi connectivity index (χ4v) is 2.39. The Morgan fingerprint density at radius 1 is 1.29 bits per heavy atom. The topological polar surface area (TPSA) is 54.2 Å². The van der Waals surface area contributed by atoms with E-state index in [2.05, 4.69) is 33.2 Å². The molecule has 21 heavy (non-hydrogen) atoms. The van der Waals surface area contributed by atoms with Crippen molar-refractivity contribution in [3.8, 4) is 0 Å². The van der Waals surface area contributed by atoms with E-state index in [-0.39, 0.29) is 24.0 Å². The SMILES string of the molecule is CN=C(NCCCCSC)NCCCc1cnn(C)c1.I. The summed E-state index contributed by atoms with van der Waals surface area (Å²) >= 11 is 1.90. The molecule has 1 aromatic heterocycles. The van der Waals surface area contributed by atoms with Gasteiger partial charge in [-0.05, 0) is 43.3 Å². The predicted molar refractivity (Wildman–Crippen MR) is 104 cm³/mol. The molecule has 0 atom stereocenters. The summed E-state index contributed by atoms with van der Waals surface area (Å²) < 4.78 is 1.85. The van der Waals surface area contributed by atoms with Crippen molar-refractivity contribution in [3.63, 3.8) is 0 Å². The number of nitrogens with one attached hydrogen (secondary N) is 2. The van der Waals surface area contributed by atoms with Gasteiger partial charge in [0.05, 0.1) is 6.20 Å². The summed E-state index contributed by atoms with van der Waals surface area (Å²) in [6.07, 6.45) is 10.7. The average Bonchev–Trinajstić information content (AvgIpc) is 2.86. The highest BCUT2D eigenvalue weighted by atomic mass is 127. The first kappa shape index (κ1) is 20.6. The Kier molecular flexibility index (Phi) is 13.0. The highest BCUT2D eigenvalue weighted by Crippen LogP contribution is 2.00. The first-order valence-corrected chi connectivity index (χ1v) is 8.56. The Labute approximate surface area is 149 Å². The minimum absolute atomic E-state index is 0.